The Morgan fingerprint density at radius 3 is 2.48 bits per heavy atom. The number of nitrogens with zero attached hydrogens (tertiary/aromatic N) is 1. The Bertz CT molecular complexity index is 730. The summed E-state index contributed by atoms with van der Waals surface area (Å²) in [6, 6.07) is 1.87. The van der Waals surface area contributed by atoms with Gasteiger partial charge in [0.25, 0.3) is 0 Å². The number of aromatic nitrogens is 1. The van der Waals surface area contributed by atoms with E-state index in [4.69, 9.17) is 15.0 Å². The number of rotatable bonds is 5. The number of primary amides is 1. The van der Waals surface area contributed by atoms with Crippen molar-refractivity contribution in [2.24, 2.45) is 11.7 Å². The van der Waals surface area contributed by atoms with Crippen molar-refractivity contribution in [3.8, 4) is 0 Å². The molecule has 1 aliphatic heterocycles. The van der Waals surface area contributed by atoms with E-state index in [1.807, 2.05) is 26.8 Å². The standard InChI is InChI=1S/C17H28N2O5S/c1-16(2,3)14-8-13(24-19-14)12-9-23-7-6-11(12)10-25(21,22)17(4,5)15(18)20/h8,11-12H,6-7,9-10H2,1-5H3,(H2,18,20). The predicted octanol–water partition coefficient (Wildman–Crippen LogP) is 1.77. The van der Waals surface area contributed by atoms with Crippen molar-refractivity contribution >= 4 is 15.7 Å². The molecule has 1 aliphatic rings. The van der Waals surface area contributed by atoms with Gasteiger partial charge < -0.3 is 15.0 Å². The van der Waals surface area contributed by atoms with Crippen LogP contribution in [0.3, 0.4) is 0 Å². The second-order valence-corrected chi connectivity index (χ2v) is 10.8. The summed E-state index contributed by atoms with van der Waals surface area (Å²) >= 11 is 0. The van der Waals surface area contributed by atoms with Gasteiger partial charge in [0, 0.05) is 24.0 Å². The fourth-order valence-corrected chi connectivity index (χ4v) is 4.44. The van der Waals surface area contributed by atoms with E-state index in [0.717, 1.165) is 5.69 Å². The Morgan fingerprint density at radius 2 is 1.96 bits per heavy atom. The summed E-state index contributed by atoms with van der Waals surface area (Å²) in [4.78, 5) is 11.6. The third kappa shape index (κ3) is 4.06. The Morgan fingerprint density at radius 1 is 1.32 bits per heavy atom. The van der Waals surface area contributed by atoms with E-state index in [9.17, 15) is 13.2 Å². The predicted molar refractivity (Wildman–Crippen MR) is 93.9 cm³/mol. The van der Waals surface area contributed by atoms with Crippen LogP contribution in [0.2, 0.25) is 0 Å². The Balaban J connectivity index is 2.27. The zero-order valence-corrected chi connectivity index (χ0v) is 16.4. The van der Waals surface area contributed by atoms with Crippen LogP contribution in [-0.4, -0.2) is 43.2 Å². The zero-order chi connectivity index (χ0) is 19.0. The summed E-state index contributed by atoms with van der Waals surface area (Å²) in [5.74, 6) is -0.774. The van der Waals surface area contributed by atoms with Crippen LogP contribution in [0.25, 0.3) is 0 Å². The molecule has 0 spiro atoms. The molecular formula is C17H28N2O5S. The van der Waals surface area contributed by atoms with Gasteiger partial charge in [-0.25, -0.2) is 8.42 Å². The monoisotopic (exact) mass is 372 g/mol. The summed E-state index contributed by atoms with van der Waals surface area (Å²) < 4.78 is 34.9. The van der Waals surface area contributed by atoms with E-state index in [1.165, 1.54) is 13.8 Å². The number of ether oxygens (including phenoxy) is 1. The molecule has 0 aromatic carbocycles. The van der Waals surface area contributed by atoms with Crippen molar-refractivity contribution in [2.45, 2.75) is 57.1 Å². The fourth-order valence-electron chi connectivity index (χ4n) is 2.76. The zero-order valence-electron chi connectivity index (χ0n) is 15.5. The maximum absolute atomic E-state index is 12.7. The maximum Gasteiger partial charge on any atom is 0.238 e. The quantitative estimate of drug-likeness (QED) is 0.843. The molecule has 1 saturated heterocycles. The van der Waals surface area contributed by atoms with Gasteiger partial charge in [-0.05, 0) is 26.2 Å². The Kier molecular flexibility index (Phi) is 5.35. The Hall–Kier alpha value is -1.41. The van der Waals surface area contributed by atoms with Crippen molar-refractivity contribution in [3.05, 3.63) is 17.5 Å². The van der Waals surface area contributed by atoms with Crippen molar-refractivity contribution in [1.29, 1.82) is 0 Å². The van der Waals surface area contributed by atoms with Crippen LogP contribution < -0.4 is 5.73 Å². The number of hydrogen-bond acceptors (Lipinski definition) is 6. The van der Waals surface area contributed by atoms with Crippen LogP contribution in [-0.2, 0) is 24.8 Å². The molecule has 2 rings (SSSR count). The minimum atomic E-state index is -3.71. The molecule has 0 saturated carbocycles. The van der Waals surface area contributed by atoms with Gasteiger partial charge in [0.05, 0.1) is 18.1 Å². The second kappa shape index (κ2) is 6.72. The molecular weight excluding hydrogens is 344 g/mol. The van der Waals surface area contributed by atoms with E-state index in [1.54, 1.807) is 0 Å². The largest absolute Gasteiger partial charge is 0.381 e. The molecule has 2 N–H and O–H groups in total. The highest BCUT2D eigenvalue weighted by molar-refractivity contribution is 7.93. The minimum Gasteiger partial charge on any atom is -0.381 e. The number of hydrogen-bond donors (Lipinski definition) is 1. The topological polar surface area (TPSA) is 112 Å². The number of amides is 1. The van der Waals surface area contributed by atoms with E-state index in [0.29, 0.717) is 25.4 Å². The summed E-state index contributed by atoms with van der Waals surface area (Å²) in [5.41, 5.74) is 5.94. The van der Waals surface area contributed by atoms with Crippen molar-refractivity contribution in [1.82, 2.24) is 5.16 Å². The Labute approximate surface area is 149 Å². The number of carbonyl (C=O) groups excluding carboxylic acids is 1. The second-order valence-electron chi connectivity index (χ2n) is 8.25. The lowest BCUT2D eigenvalue weighted by Gasteiger charge is -2.32. The normalized spacial score (nSPS) is 22.8. The summed E-state index contributed by atoms with van der Waals surface area (Å²) in [5, 5.41) is 4.12. The maximum atomic E-state index is 12.7. The SMILES string of the molecule is CC(C)(C)c1cc(C2COCCC2CS(=O)(=O)C(C)(C)C(N)=O)on1. The molecule has 8 heteroatoms. The molecule has 1 fully saturated rings. The van der Waals surface area contributed by atoms with Gasteiger partial charge in [-0.15, -0.1) is 0 Å². The minimum absolute atomic E-state index is 0.136. The van der Waals surface area contributed by atoms with E-state index in [2.05, 4.69) is 5.16 Å². The molecule has 25 heavy (non-hydrogen) atoms. The molecule has 2 atom stereocenters. The lowest BCUT2D eigenvalue weighted by atomic mass is 9.86. The van der Waals surface area contributed by atoms with Crippen LogP contribution in [0.5, 0.6) is 0 Å². The average molecular weight is 372 g/mol. The van der Waals surface area contributed by atoms with Crippen molar-refractivity contribution < 1.29 is 22.5 Å². The van der Waals surface area contributed by atoms with Crippen LogP contribution in [0.15, 0.2) is 10.6 Å². The first-order chi connectivity index (χ1) is 11.4. The molecule has 0 bridgehead atoms. The number of sulfone groups is 1. The van der Waals surface area contributed by atoms with Gasteiger partial charge in [0.1, 0.15) is 10.5 Å². The first-order valence-corrected chi connectivity index (χ1v) is 10.1. The third-order valence-electron chi connectivity index (χ3n) is 4.97. The molecule has 0 aliphatic carbocycles. The lowest BCUT2D eigenvalue weighted by molar-refractivity contribution is -0.119. The fraction of sp³-hybridized carbons (Fsp3) is 0.765. The molecule has 0 radical (unpaired) electrons. The van der Waals surface area contributed by atoms with Gasteiger partial charge in [-0.3, -0.25) is 4.79 Å². The lowest BCUT2D eigenvalue weighted by Crippen LogP contribution is -2.48. The highest BCUT2D eigenvalue weighted by atomic mass is 32.2. The first-order valence-electron chi connectivity index (χ1n) is 8.43. The van der Waals surface area contributed by atoms with Crippen LogP contribution >= 0.6 is 0 Å². The molecule has 1 amide bonds. The molecule has 2 heterocycles. The molecule has 1 aromatic heterocycles. The van der Waals surface area contributed by atoms with E-state index in [-0.39, 0.29) is 23.0 Å². The van der Waals surface area contributed by atoms with Crippen LogP contribution in [0.1, 0.15) is 58.4 Å². The van der Waals surface area contributed by atoms with Gasteiger partial charge in [-0.1, -0.05) is 25.9 Å². The summed E-state index contributed by atoms with van der Waals surface area (Å²) in [7, 11) is -3.71. The molecule has 1 aromatic rings. The van der Waals surface area contributed by atoms with Gasteiger partial charge in [0.15, 0.2) is 9.84 Å². The van der Waals surface area contributed by atoms with Crippen LogP contribution in [0.4, 0.5) is 0 Å². The summed E-state index contributed by atoms with van der Waals surface area (Å²) in [6.45, 7) is 9.65. The number of carbonyl (C=O) groups is 1. The third-order valence-corrected chi connectivity index (χ3v) is 7.59. The molecule has 2 unspecified atom stereocenters. The van der Waals surface area contributed by atoms with Gasteiger partial charge in [-0.2, -0.15) is 0 Å². The van der Waals surface area contributed by atoms with Crippen molar-refractivity contribution in [3.63, 3.8) is 0 Å². The van der Waals surface area contributed by atoms with E-state index < -0.39 is 20.5 Å². The van der Waals surface area contributed by atoms with Crippen LogP contribution in [0, 0.1) is 5.92 Å². The van der Waals surface area contributed by atoms with Crippen molar-refractivity contribution in [2.75, 3.05) is 19.0 Å². The highest BCUT2D eigenvalue weighted by Gasteiger charge is 2.44. The molecule has 7 nitrogen and oxygen atoms in total. The average Bonchev–Trinajstić information content (AvgIpc) is 2.96. The summed E-state index contributed by atoms with van der Waals surface area (Å²) in [6.07, 6.45) is 0.574. The van der Waals surface area contributed by atoms with Gasteiger partial charge >= 0.3 is 0 Å². The van der Waals surface area contributed by atoms with E-state index >= 15 is 0 Å². The highest BCUT2D eigenvalue weighted by Crippen LogP contribution is 2.36. The smallest absolute Gasteiger partial charge is 0.238 e. The first kappa shape index (κ1) is 19.9. The van der Waals surface area contributed by atoms with Gasteiger partial charge in [0.2, 0.25) is 5.91 Å². The molecule has 142 valence electrons. The number of nitrogens with two attached hydrogens (primary N) is 1.